The highest BCUT2D eigenvalue weighted by molar-refractivity contribution is 6.31. The zero-order valence-electron chi connectivity index (χ0n) is 12.1. The van der Waals surface area contributed by atoms with Gasteiger partial charge in [0.15, 0.2) is 0 Å². The van der Waals surface area contributed by atoms with E-state index in [-0.39, 0.29) is 0 Å². The summed E-state index contributed by atoms with van der Waals surface area (Å²) in [5.74, 6) is 0.809. The summed E-state index contributed by atoms with van der Waals surface area (Å²) in [7, 11) is 3.62. The topological polar surface area (TPSA) is 39.1 Å². The Hall–Kier alpha value is -1.52. The Kier molecular flexibility index (Phi) is 5.04. The summed E-state index contributed by atoms with van der Waals surface area (Å²) in [4.78, 5) is 0. The molecule has 108 valence electrons. The average Bonchev–Trinajstić information content (AvgIpc) is 2.81. The van der Waals surface area contributed by atoms with E-state index in [1.165, 1.54) is 0 Å². The number of methoxy groups -OCH3 is 1. The molecule has 0 saturated carbocycles. The molecule has 0 unspecified atom stereocenters. The number of aryl methyl sites for hydroxylation is 2. The summed E-state index contributed by atoms with van der Waals surface area (Å²) in [6.45, 7) is 3.52. The van der Waals surface area contributed by atoms with Crippen molar-refractivity contribution in [3.8, 4) is 5.75 Å². The third kappa shape index (κ3) is 3.32. The van der Waals surface area contributed by atoms with E-state index in [0.29, 0.717) is 6.54 Å². The summed E-state index contributed by atoms with van der Waals surface area (Å²) < 4.78 is 7.24. The molecule has 0 amide bonds. The normalized spacial score (nSPS) is 10.8. The van der Waals surface area contributed by atoms with Gasteiger partial charge in [-0.25, -0.2) is 0 Å². The van der Waals surface area contributed by atoms with E-state index in [1.807, 2.05) is 29.9 Å². The number of ether oxygens (including phenoxy) is 1. The van der Waals surface area contributed by atoms with Crippen LogP contribution in [0.4, 0.5) is 0 Å². The number of benzene rings is 1. The molecule has 0 saturated heterocycles. The van der Waals surface area contributed by atoms with Gasteiger partial charge < -0.3 is 10.1 Å². The molecule has 4 nitrogen and oxygen atoms in total. The highest BCUT2D eigenvalue weighted by Gasteiger charge is 2.08. The lowest BCUT2D eigenvalue weighted by Crippen LogP contribution is -2.16. The van der Waals surface area contributed by atoms with Crippen molar-refractivity contribution in [2.24, 2.45) is 7.05 Å². The van der Waals surface area contributed by atoms with Crippen LogP contribution < -0.4 is 10.1 Å². The van der Waals surface area contributed by atoms with Gasteiger partial charge in [0.25, 0.3) is 0 Å². The number of hydrogen-bond donors (Lipinski definition) is 1. The second kappa shape index (κ2) is 6.77. The number of nitrogens with zero attached hydrogens (tertiary/aromatic N) is 2. The number of hydrogen-bond acceptors (Lipinski definition) is 3. The van der Waals surface area contributed by atoms with Crippen LogP contribution >= 0.6 is 11.6 Å². The molecule has 0 radical (unpaired) electrons. The lowest BCUT2D eigenvalue weighted by molar-refractivity contribution is 0.407. The molecule has 0 aliphatic rings. The minimum Gasteiger partial charge on any atom is -0.496 e. The summed E-state index contributed by atoms with van der Waals surface area (Å²) in [5.41, 5.74) is 3.25. The van der Waals surface area contributed by atoms with Crippen molar-refractivity contribution >= 4 is 11.6 Å². The summed E-state index contributed by atoms with van der Waals surface area (Å²) in [5, 5.41) is 8.54. The fraction of sp³-hybridized carbons (Fsp3) is 0.400. The molecule has 0 bridgehead atoms. The molecule has 0 spiro atoms. The van der Waals surface area contributed by atoms with Crippen LogP contribution in [0.5, 0.6) is 5.75 Å². The molecule has 0 atom stereocenters. The minimum atomic E-state index is 0.662. The van der Waals surface area contributed by atoms with Crippen LogP contribution in [0.3, 0.4) is 0 Å². The molecule has 20 heavy (non-hydrogen) atoms. The van der Waals surface area contributed by atoms with Crippen molar-refractivity contribution in [1.82, 2.24) is 15.1 Å². The highest BCUT2D eigenvalue weighted by Crippen LogP contribution is 2.25. The number of nitrogens with one attached hydrogen (secondary N) is 1. The Morgan fingerprint density at radius 1 is 1.35 bits per heavy atom. The molecular formula is C15H20ClN3O. The maximum absolute atomic E-state index is 6.21. The van der Waals surface area contributed by atoms with Gasteiger partial charge in [-0.2, -0.15) is 5.10 Å². The molecule has 1 aromatic heterocycles. The predicted octanol–water partition coefficient (Wildman–Crippen LogP) is 2.93. The first-order valence-corrected chi connectivity index (χ1v) is 7.07. The number of rotatable bonds is 6. The second-order valence-corrected chi connectivity index (χ2v) is 5.04. The van der Waals surface area contributed by atoms with Crippen molar-refractivity contribution in [2.75, 3.05) is 7.11 Å². The first-order valence-electron chi connectivity index (χ1n) is 6.69. The molecule has 0 fully saturated rings. The zero-order valence-corrected chi connectivity index (χ0v) is 12.9. The van der Waals surface area contributed by atoms with Gasteiger partial charge in [-0.15, -0.1) is 0 Å². The average molecular weight is 294 g/mol. The molecule has 0 aliphatic carbocycles. The highest BCUT2D eigenvalue weighted by atomic mass is 35.5. The van der Waals surface area contributed by atoms with E-state index in [1.54, 1.807) is 7.11 Å². The monoisotopic (exact) mass is 293 g/mol. The van der Waals surface area contributed by atoms with E-state index in [0.717, 1.165) is 40.7 Å². The molecule has 2 rings (SSSR count). The molecular weight excluding hydrogens is 274 g/mol. The lowest BCUT2D eigenvalue weighted by Gasteiger charge is -2.11. The van der Waals surface area contributed by atoms with Gasteiger partial charge in [0.2, 0.25) is 0 Å². The van der Waals surface area contributed by atoms with E-state index in [9.17, 15) is 0 Å². The van der Waals surface area contributed by atoms with E-state index in [4.69, 9.17) is 16.3 Å². The van der Waals surface area contributed by atoms with E-state index >= 15 is 0 Å². The second-order valence-electron chi connectivity index (χ2n) is 4.63. The summed E-state index contributed by atoms with van der Waals surface area (Å²) in [6.07, 6.45) is 0.951. The van der Waals surface area contributed by atoms with Gasteiger partial charge in [-0.3, -0.25) is 4.68 Å². The third-order valence-electron chi connectivity index (χ3n) is 3.29. The first kappa shape index (κ1) is 14.9. The molecule has 2 aromatic rings. The minimum absolute atomic E-state index is 0.662. The predicted molar refractivity (Wildman–Crippen MR) is 81.1 cm³/mol. The van der Waals surface area contributed by atoms with Crippen LogP contribution in [0.2, 0.25) is 5.02 Å². The van der Waals surface area contributed by atoms with Crippen molar-refractivity contribution in [2.45, 2.75) is 26.4 Å². The number of aromatic nitrogens is 2. The van der Waals surface area contributed by atoms with Crippen LogP contribution in [0.25, 0.3) is 0 Å². The van der Waals surface area contributed by atoms with Crippen molar-refractivity contribution in [3.05, 3.63) is 46.2 Å². The van der Waals surface area contributed by atoms with Crippen LogP contribution in [-0.4, -0.2) is 16.9 Å². The third-order valence-corrected chi connectivity index (χ3v) is 3.65. The summed E-state index contributed by atoms with van der Waals surface area (Å²) >= 11 is 6.21. The molecule has 5 heteroatoms. The van der Waals surface area contributed by atoms with Crippen molar-refractivity contribution in [3.63, 3.8) is 0 Å². The maximum Gasteiger partial charge on any atom is 0.124 e. The molecule has 0 aliphatic heterocycles. The van der Waals surface area contributed by atoms with Gasteiger partial charge in [0.1, 0.15) is 5.75 Å². The van der Waals surface area contributed by atoms with Gasteiger partial charge in [-0.1, -0.05) is 24.6 Å². The Morgan fingerprint density at radius 3 is 2.80 bits per heavy atom. The van der Waals surface area contributed by atoms with Crippen LogP contribution in [-0.2, 0) is 26.6 Å². The van der Waals surface area contributed by atoms with Crippen LogP contribution in [0, 0.1) is 0 Å². The SMILES string of the molecule is CCc1cc(CNCc2c(Cl)cccc2OC)n(C)n1. The Balaban J connectivity index is 2.01. The largest absolute Gasteiger partial charge is 0.496 e. The van der Waals surface area contributed by atoms with Crippen molar-refractivity contribution in [1.29, 1.82) is 0 Å². The zero-order chi connectivity index (χ0) is 14.5. The number of halogens is 1. The lowest BCUT2D eigenvalue weighted by atomic mass is 10.2. The van der Waals surface area contributed by atoms with Gasteiger partial charge >= 0.3 is 0 Å². The molecule has 1 aromatic carbocycles. The fourth-order valence-electron chi connectivity index (χ4n) is 2.13. The van der Waals surface area contributed by atoms with E-state index in [2.05, 4.69) is 23.4 Å². The molecule has 1 N–H and O–H groups in total. The summed E-state index contributed by atoms with van der Waals surface area (Å²) in [6, 6.07) is 7.80. The smallest absolute Gasteiger partial charge is 0.124 e. The van der Waals surface area contributed by atoms with Crippen LogP contribution in [0.1, 0.15) is 23.9 Å². The maximum atomic E-state index is 6.21. The Bertz CT molecular complexity index is 580. The molecule has 1 heterocycles. The van der Waals surface area contributed by atoms with Crippen LogP contribution in [0.15, 0.2) is 24.3 Å². The Morgan fingerprint density at radius 2 is 2.15 bits per heavy atom. The van der Waals surface area contributed by atoms with Gasteiger partial charge in [-0.05, 0) is 24.6 Å². The van der Waals surface area contributed by atoms with E-state index < -0.39 is 0 Å². The standard InChI is InChI=1S/C15H20ClN3O/c1-4-11-8-12(19(2)18-11)9-17-10-13-14(16)6-5-7-15(13)20-3/h5-8,17H,4,9-10H2,1-3H3. The Labute approximate surface area is 124 Å². The van der Waals surface area contributed by atoms with Gasteiger partial charge in [0, 0.05) is 30.7 Å². The van der Waals surface area contributed by atoms with Crippen molar-refractivity contribution < 1.29 is 4.74 Å². The van der Waals surface area contributed by atoms with Gasteiger partial charge in [0.05, 0.1) is 18.5 Å². The first-order chi connectivity index (χ1) is 9.65. The quantitative estimate of drug-likeness (QED) is 0.890. The fourth-order valence-corrected chi connectivity index (χ4v) is 2.36.